The van der Waals surface area contributed by atoms with Crippen molar-refractivity contribution in [3.63, 3.8) is 0 Å². The smallest absolute Gasteiger partial charge is 0.160 e. The van der Waals surface area contributed by atoms with Crippen LogP contribution in [0.3, 0.4) is 0 Å². The third-order valence-corrected chi connectivity index (χ3v) is 11.4. The van der Waals surface area contributed by atoms with E-state index < -0.39 is 0 Å². The molecule has 10 aromatic rings. The van der Waals surface area contributed by atoms with Crippen LogP contribution >= 0.6 is 11.3 Å². The van der Waals surface area contributed by atoms with Crippen LogP contribution in [0.4, 0.5) is 0 Å². The molecule has 2 nitrogen and oxygen atoms in total. The standard InChI is InChI=1S/C52H34N2S/c1-4-15-35(16-5-1)38-21-12-24-41(29-38)45-32-44(36-17-6-2-7-18-36)33-46(34-45)42-25-13-22-39(30-42)40-23-14-26-43(31-40)52-53-49(37-19-8-3-9-20-37)51-50(54-52)47-27-10-11-28-48(47)55-51/h1-34H. The lowest BCUT2D eigenvalue weighted by Crippen LogP contribution is -1.94. The monoisotopic (exact) mass is 718 g/mol. The second kappa shape index (κ2) is 14.1. The van der Waals surface area contributed by atoms with Gasteiger partial charge in [-0.2, -0.15) is 0 Å². The van der Waals surface area contributed by atoms with Crippen molar-refractivity contribution in [1.29, 1.82) is 0 Å². The van der Waals surface area contributed by atoms with Crippen LogP contribution in [0.2, 0.25) is 0 Å². The van der Waals surface area contributed by atoms with Crippen LogP contribution in [-0.4, -0.2) is 9.97 Å². The van der Waals surface area contributed by atoms with Crippen molar-refractivity contribution in [2.24, 2.45) is 0 Å². The number of hydrogen-bond donors (Lipinski definition) is 0. The van der Waals surface area contributed by atoms with E-state index in [2.05, 4.69) is 200 Å². The van der Waals surface area contributed by atoms with Gasteiger partial charge in [0.2, 0.25) is 0 Å². The highest BCUT2D eigenvalue weighted by atomic mass is 32.1. The van der Waals surface area contributed by atoms with Gasteiger partial charge in [0.25, 0.3) is 0 Å². The highest BCUT2D eigenvalue weighted by molar-refractivity contribution is 7.26. The van der Waals surface area contributed by atoms with E-state index in [0.717, 1.165) is 54.9 Å². The molecule has 0 aliphatic carbocycles. The highest BCUT2D eigenvalue weighted by Crippen LogP contribution is 2.40. The molecule has 258 valence electrons. The third-order valence-electron chi connectivity index (χ3n) is 10.3. The Bertz CT molecular complexity index is 2970. The Balaban J connectivity index is 1.07. The first-order valence-electron chi connectivity index (χ1n) is 18.6. The van der Waals surface area contributed by atoms with Crippen molar-refractivity contribution < 1.29 is 0 Å². The average molecular weight is 719 g/mol. The summed E-state index contributed by atoms with van der Waals surface area (Å²) in [7, 11) is 0. The maximum atomic E-state index is 5.24. The van der Waals surface area contributed by atoms with Crippen molar-refractivity contribution in [1.82, 2.24) is 9.97 Å². The van der Waals surface area contributed by atoms with Gasteiger partial charge >= 0.3 is 0 Å². The first-order valence-corrected chi connectivity index (χ1v) is 19.4. The normalized spacial score (nSPS) is 11.3. The van der Waals surface area contributed by atoms with Crippen LogP contribution in [0, 0.1) is 0 Å². The van der Waals surface area contributed by atoms with Crippen LogP contribution in [-0.2, 0) is 0 Å². The molecule has 0 spiro atoms. The van der Waals surface area contributed by atoms with Crippen molar-refractivity contribution in [2.45, 2.75) is 0 Å². The predicted octanol–water partition coefficient (Wildman–Crippen LogP) is 14.5. The zero-order chi connectivity index (χ0) is 36.6. The summed E-state index contributed by atoms with van der Waals surface area (Å²) < 4.78 is 2.33. The number of hydrogen-bond acceptors (Lipinski definition) is 3. The van der Waals surface area contributed by atoms with Gasteiger partial charge in [0.15, 0.2) is 5.82 Å². The molecule has 55 heavy (non-hydrogen) atoms. The zero-order valence-electron chi connectivity index (χ0n) is 29.9. The SMILES string of the molecule is c1ccc(-c2cccc(-c3cc(-c4ccccc4)cc(-c4cccc(-c5cccc(-c6nc(-c7ccccc7)c7sc8ccccc8c7n6)c5)c4)c3)c2)cc1. The maximum absolute atomic E-state index is 5.24. The minimum atomic E-state index is 0.728. The second-order valence-electron chi connectivity index (χ2n) is 13.8. The lowest BCUT2D eigenvalue weighted by atomic mass is 9.91. The van der Waals surface area contributed by atoms with Gasteiger partial charge in [-0.1, -0.05) is 164 Å². The number of aromatic nitrogens is 2. The van der Waals surface area contributed by atoms with E-state index in [9.17, 15) is 0 Å². The Kier molecular flexibility index (Phi) is 8.40. The zero-order valence-corrected chi connectivity index (χ0v) is 30.7. The molecule has 10 rings (SSSR count). The van der Waals surface area contributed by atoms with Crippen LogP contribution in [0.5, 0.6) is 0 Å². The Morgan fingerprint density at radius 1 is 0.291 bits per heavy atom. The summed E-state index contributed by atoms with van der Waals surface area (Å²) in [5.74, 6) is 0.728. The first kappa shape index (κ1) is 32.7. The van der Waals surface area contributed by atoms with Crippen molar-refractivity contribution in [3.8, 4) is 78.3 Å². The van der Waals surface area contributed by atoms with Gasteiger partial charge < -0.3 is 0 Å². The summed E-state index contributed by atoms with van der Waals surface area (Å²) in [6.07, 6.45) is 0. The van der Waals surface area contributed by atoms with Crippen LogP contribution in [0.25, 0.3) is 98.6 Å². The van der Waals surface area contributed by atoms with Crippen LogP contribution < -0.4 is 0 Å². The first-order chi connectivity index (χ1) is 27.2. The molecule has 0 unspecified atom stereocenters. The van der Waals surface area contributed by atoms with Crippen molar-refractivity contribution in [3.05, 3.63) is 206 Å². The lowest BCUT2D eigenvalue weighted by Gasteiger charge is -2.13. The van der Waals surface area contributed by atoms with Crippen LogP contribution in [0.1, 0.15) is 0 Å². The fraction of sp³-hybridized carbons (Fsp3) is 0. The van der Waals surface area contributed by atoms with Gasteiger partial charge in [-0.3, -0.25) is 0 Å². The van der Waals surface area contributed by atoms with Gasteiger partial charge in [-0.05, 0) is 98.1 Å². The molecule has 0 saturated heterocycles. The Hall–Kier alpha value is -6.94. The lowest BCUT2D eigenvalue weighted by molar-refractivity contribution is 1.24. The van der Waals surface area contributed by atoms with Gasteiger partial charge in [-0.15, -0.1) is 11.3 Å². The molecule has 0 saturated carbocycles. The molecule has 0 aliphatic heterocycles. The van der Waals surface area contributed by atoms with Gasteiger partial charge in [0, 0.05) is 21.2 Å². The molecule has 0 amide bonds. The molecule has 0 radical (unpaired) electrons. The quantitative estimate of drug-likeness (QED) is 0.164. The highest BCUT2D eigenvalue weighted by Gasteiger charge is 2.17. The number of benzene rings is 8. The number of fused-ring (bicyclic) bond motifs is 3. The Morgan fingerprint density at radius 3 is 1.25 bits per heavy atom. The summed E-state index contributed by atoms with van der Waals surface area (Å²) in [5, 5.41) is 1.16. The van der Waals surface area contributed by atoms with Crippen molar-refractivity contribution >= 4 is 31.6 Å². The van der Waals surface area contributed by atoms with E-state index in [-0.39, 0.29) is 0 Å². The minimum Gasteiger partial charge on any atom is -0.226 e. The minimum absolute atomic E-state index is 0.728. The molecule has 0 fully saturated rings. The van der Waals surface area contributed by atoms with E-state index in [1.807, 2.05) is 6.07 Å². The summed E-state index contributed by atoms with van der Waals surface area (Å²) in [6.45, 7) is 0. The second-order valence-corrected chi connectivity index (χ2v) is 14.9. The van der Waals surface area contributed by atoms with Crippen molar-refractivity contribution in [2.75, 3.05) is 0 Å². The summed E-state index contributed by atoms with van der Waals surface area (Å²) in [5.41, 5.74) is 15.8. The van der Waals surface area contributed by atoms with E-state index in [0.29, 0.717) is 0 Å². The summed E-state index contributed by atoms with van der Waals surface area (Å²) >= 11 is 1.76. The molecule has 8 aromatic carbocycles. The molecular weight excluding hydrogens is 685 g/mol. The van der Waals surface area contributed by atoms with Gasteiger partial charge in [0.05, 0.1) is 15.9 Å². The van der Waals surface area contributed by atoms with E-state index in [1.54, 1.807) is 11.3 Å². The molecule has 2 aromatic heterocycles. The van der Waals surface area contributed by atoms with Gasteiger partial charge in [0.1, 0.15) is 0 Å². The number of thiophene rings is 1. The van der Waals surface area contributed by atoms with Crippen LogP contribution in [0.15, 0.2) is 206 Å². The fourth-order valence-electron chi connectivity index (χ4n) is 7.49. The average Bonchev–Trinajstić information content (AvgIpc) is 3.66. The van der Waals surface area contributed by atoms with Gasteiger partial charge in [-0.25, -0.2) is 9.97 Å². The fourth-order valence-corrected chi connectivity index (χ4v) is 8.65. The topological polar surface area (TPSA) is 25.8 Å². The van der Waals surface area contributed by atoms with E-state index in [1.165, 1.54) is 43.6 Å². The number of rotatable bonds is 7. The molecule has 0 bridgehead atoms. The van der Waals surface area contributed by atoms with E-state index >= 15 is 0 Å². The molecule has 0 N–H and O–H groups in total. The molecule has 0 aliphatic rings. The molecule has 0 atom stereocenters. The molecule has 2 heterocycles. The number of nitrogens with zero attached hydrogens (tertiary/aromatic N) is 2. The largest absolute Gasteiger partial charge is 0.226 e. The molecular formula is C52H34N2S. The predicted molar refractivity (Wildman–Crippen MR) is 233 cm³/mol. The Labute approximate surface area is 324 Å². The van der Waals surface area contributed by atoms with E-state index in [4.69, 9.17) is 9.97 Å². The Morgan fingerprint density at radius 2 is 0.673 bits per heavy atom. The molecule has 3 heteroatoms. The summed E-state index contributed by atoms with van der Waals surface area (Å²) in [6, 6.07) is 73.6. The summed E-state index contributed by atoms with van der Waals surface area (Å²) in [4.78, 5) is 10.5. The maximum Gasteiger partial charge on any atom is 0.160 e. The third kappa shape index (κ3) is 6.41.